The van der Waals surface area contributed by atoms with Crippen molar-refractivity contribution in [2.24, 2.45) is 11.8 Å². The highest BCUT2D eigenvalue weighted by molar-refractivity contribution is 7.12. The van der Waals surface area contributed by atoms with E-state index in [4.69, 9.17) is 0 Å². The lowest BCUT2D eigenvalue weighted by Gasteiger charge is -2.22. The third-order valence-electron chi connectivity index (χ3n) is 4.38. The van der Waals surface area contributed by atoms with Gasteiger partial charge in [0.25, 0.3) is 5.91 Å². The van der Waals surface area contributed by atoms with Crippen LogP contribution in [0.2, 0.25) is 0 Å². The van der Waals surface area contributed by atoms with Gasteiger partial charge in [0.05, 0.1) is 10.4 Å². The number of carbonyl (C=O) groups excluding carboxylic acids is 2. The van der Waals surface area contributed by atoms with Crippen molar-refractivity contribution in [3.8, 4) is 0 Å². The number of hydrogen-bond donors (Lipinski definition) is 1. The average molecular weight is 324 g/mol. The largest absolute Gasteiger partial charge is 0.396 e. The Morgan fingerprint density at radius 1 is 1.41 bits per heavy atom. The van der Waals surface area contributed by atoms with E-state index < -0.39 is 0 Å². The highest BCUT2D eigenvalue weighted by atomic mass is 32.1. The minimum atomic E-state index is -0.0381. The second-order valence-corrected chi connectivity index (χ2v) is 6.93. The van der Waals surface area contributed by atoms with Crippen molar-refractivity contribution >= 4 is 23.0 Å². The molecule has 6 heteroatoms. The number of thiophene rings is 1. The Bertz CT molecular complexity index is 543. The molecule has 0 unspecified atom stereocenters. The highest BCUT2D eigenvalue weighted by Crippen LogP contribution is 2.26. The second kappa shape index (κ2) is 7.35. The molecule has 1 aromatic rings. The first kappa shape index (κ1) is 17.1. The fourth-order valence-electron chi connectivity index (χ4n) is 2.86. The number of amides is 1. The van der Waals surface area contributed by atoms with Crippen molar-refractivity contribution in [2.45, 2.75) is 13.8 Å². The number of nitrogens with zero attached hydrogens (tertiary/aromatic N) is 2. The van der Waals surface area contributed by atoms with Crippen LogP contribution < -0.4 is 0 Å². The zero-order chi connectivity index (χ0) is 16.3. The van der Waals surface area contributed by atoms with Crippen molar-refractivity contribution in [2.75, 3.05) is 39.8 Å². The van der Waals surface area contributed by atoms with Crippen molar-refractivity contribution < 1.29 is 14.7 Å². The highest BCUT2D eigenvalue weighted by Gasteiger charge is 2.35. The maximum absolute atomic E-state index is 12.6. The van der Waals surface area contributed by atoms with E-state index in [1.54, 1.807) is 16.3 Å². The smallest absolute Gasteiger partial charge is 0.254 e. The van der Waals surface area contributed by atoms with Crippen molar-refractivity contribution in [1.29, 1.82) is 0 Å². The summed E-state index contributed by atoms with van der Waals surface area (Å²) in [5.41, 5.74) is 0.580. The number of carbonyl (C=O) groups is 2. The van der Waals surface area contributed by atoms with Crippen LogP contribution in [0.5, 0.6) is 0 Å². The molecule has 5 nitrogen and oxygen atoms in total. The summed E-state index contributed by atoms with van der Waals surface area (Å²) < 4.78 is 0. The average Bonchev–Trinajstić information content (AvgIpc) is 3.13. The fourth-order valence-corrected chi connectivity index (χ4v) is 3.65. The van der Waals surface area contributed by atoms with E-state index in [1.807, 2.05) is 0 Å². The van der Waals surface area contributed by atoms with E-state index in [1.165, 1.54) is 18.3 Å². The van der Waals surface area contributed by atoms with E-state index >= 15 is 0 Å². The molecule has 2 atom stereocenters. The molecule has 122 valence electrons. The molecule has 22 heavy (non-hydrogen) atoms. The Morgan fingerprint density at radius 3 is 2.64 bits per heavy atom. The summed E-state index contributed by atoms with van der Waals surface area (Å²) in [7, 11) is 2.05. The minimum Gasteiger partial charge on any atom is -0.396 e. The molecule has 0 aromatic carbocycles. The van der Waals surface area contributed by atoms with E-state index in [0.717, 1.165) is 13.1 Å². The second-order valence-electron chi connectivity index (χ2n) is 6.02. The topological polar surface area (TPSA) is 60.9 Å². The van der Waals surface area contributed by atoms with E-state index in [9.17, 15) is 14.7 Å². The number of aliphatic hydroxyl groups is 1. The molecule has 1 N–H and O–H groups in total. The molecule has 1 aliphatic heterocycles. The molecule has 2 heterocycles. The van der Waals surface area contributed by atoms with Gasteiger partial charge in [0, 0.05) is 37.5 Å². The van der Waals surface area contributed by atoms with Gasteiger partial charge in [0.15, 0.2) is 5.78 Å². The van der Waals surface area contributed by atoms with Gasteiger partial charge in [-0.3, -0.25) is 9.59 Å². The Hall–Kier alpha value is -1.24. The lowest BCUT2D eigenvalue weighted by Crippen LogP contribution is -2.32. The molecule has 1 amide bonds. The van der Waals surface area contributed by atoms with Gasteiger partial charge in [-0.15, -0.1) is 11.3 Å². The first-order valence-corrected chi connectivity index (χ1v) is 8.52. The molecular weight excluding hydrogens is 300 g/mol. The van der Waals surface area contributed by atoms with E-state index in [2.05, 4.69) is 18.9 Å². The molecule has 0 bridgehead atoms. The summed E-state index contributed by atoms with van der Waals surface area (Å²) in [6, 6.07) is 1.68. The lowest BCUT2D eigenvalue weighted by molar-refractivity contribution is 0.0780. The Labute approximate surface area is 135 Å². The van der Waals surface area contributed by atoms with Crippen LogP contribution in [-0.2, 0) is 0 Å². The van der Waals surface area contributed by atoms with Gasteiger partial charge in [-0.2, -0.15) is 0 Å². The van der Waals surface area contributed by atoms with Gasteiger partial charge in [-0.05, 0) is 32.5 Å². The Morgan fingerprint density at radius 2 is 2.09 bits per heavy atom. The zero-order valence-electron chi connectivity index (χ0n) is 13.4. The zero-order valence-corrected chi connectivity index (χ0v) is 14.2. The van der Waals surface area contributed by atoms with Crippen LogP contribution in [-0.4, -0.2) is 66.4 Å². The van der Waals surface area contributed by atoms with E-state index in [0.29, 0.717) is 29.4 Å². The van der Waals surface area contributed by atoms with Crippen LogP contribution in [0.3, 0.4) is 0 Å². The maximum Gasteiger partial charge on any atom is 0.254 e. The van der Waals surface area contributed by atoms with Crippen molar-refractivity contribution in [3.05, 3.63) is 21.9 Å². The predicted octanol–water partition coefficient (Wildman–Crippen LogP) is 1.58. The van der Waals surface area contributed by atoms with Gasteiger partial charge in [0.2, 0.25) is 0 Å². The Balaban J connectivity index is 2.05. The summed E-state index contributed by atoms with van der Waals surface area (Å²) in [6.07, 6.45) is 0. The molecular formula is C16H24N2O3S. The molecule has 1 aromatic heterocycles. The van der Waals surface area contributed by atoms with Gasteiger partial charge in [0.1, 0.15) is 0 Å². The summed E-state index contributed by atoms with van der Waals surface area (Å²) in [6.45, 7) is 6.80. The van der Waals surface area contributed by atoms with Gasteiger partial charge < -0.3 is 14.9 Å². The molecule has 0 spiro atoms. The standard InChI is InChI=1S/C16H24N2O3S/c1-4-17(3)6-13-7-18(8-14(13)9-19)16(21)12-5-15(11(2)20)22-10-12/h5,10,13-14,19H,4,6-9H2,1-3H3/t13-,14-/m1/s1. The molecule has 2 rings (SSSR count). The number of hydrogen-bond acceptors (Lipinski definition) is 5. The number of likely N-dealkylation sites (tertiary alicyclic amines) is 1. The molecule has 0 radical (unpaired) electrons. The summed E-state index contributed by atoms with van der Waals surface area (Å²) >= 11 is 1.31. The van der Waals surface area contributed by atoms with Crippen LogP contribution >= 0.6 is 11.3 Å². The molecule has 0 aliphatic carbocycles. The normalized spacial score (nSPS) is 21.6. The molecule has 1 fully saturated rings. The number of aliphatic hydroxyl groups excluding tert-OH is 1. The van der Waals surface area contributed by atoms with E-state index in [-0.39, 0.29) is 24.2 Å². The van der Waals surface area contributed by atoms with Crippen LogP contribution in [0.25, 0.3) is 0 Å². The summed E-state index contributed by atoms with van der Waals surface area (Å²) in [4.78, 5) is 28.6. The molecule has 0 saturated carbocycles. The Kier molecular flexibility index (Phi) is 5.72. The number of ketones is 1. The van der Waals surface area contributed by atoms with Gasteiger partial charge >= 0.3 is 0 Å². The third kappa shape index (κ3) is 3.74. The van der Waals surface area contributed by atoms with Crippen LogP contribution in [0.15, 0.2) is 11.4 Å². The summed E-state index contributed by atoms with van der Waals surface area (Å²) in [5, 5.41) is 11.3. The SMILES string of the molecule is CCN(C)C[C@@H]1CN(C(=O)c2csc(C(C)=O)c2)C[C@@H]1CO. The quantitative estimate of drug-likeness (QED) is 0.807. The minimum absolute atomic E-state index is 0.0128. The van der Waals surface area contributed by atoms with Gasteiger partial charge in [-0.1, -0.05) is 6.92 Å². The van der Waals surface area contributed by atoms with Crippen molar-refractivity contribution in [3.63, 3.8) is 0 Å². The van der Waals surface area contributed by atoms with Gasteiger partial charge in [-0.25, -0.2) is 0 Å². The maximum atomic E-state index is 12.6. The van der Waals surface area contributed by atoms with Crippen LogP contribution in [0.4, 0.5) is 0 Å². The number of rotatable bonds is 6. The monoisotopic (exact) mass is 324 g/mol. The number of Topliss-reactive ketones (excluding diaryl/α,β-unsaturated/α-hetero) is 1. The lowest BCUT2D eigenvalue weighted by atomic mass is 9.96. The first-order chi connectivity index (χ1) is 10.5. The van der Waals surface area contributed by atoms with Crippen LogP contribution in [0.1, 0.15) is 33.9 Å². The fraction of sp³-hybridized carbons (Fsp3) is 0.625. The predicted molar refractivity (Wildman–Crippen MR) is 87.5 cm³/mol. The van der Waals surface area contributed by atoms with Crippen molar-refractivity contribution in [1.82, 2.24) is 9.80 Å². The van der Waals surface area contributed by atoms with Crippen LogP contribution in [0, 0.1) is 11.8 Å². The summed E-state index contributed by atoms with van der Waals surface area (Å²) in [5.74, 6) is 0.374. The first-order valence-electron chi connectivity index (χ1n) is 7.64. The third-order valence-corrected chi connectivity index (χ3v) is 5.41. The molecule has 1 aliphatic rings. The molecule has 1 saturated heterocycles.